The molecule has 0 heterocycles. The highest BCUT2D eigenvalue weighted by Crippen LogP contribution is 2.22. The number of nitrogens with one attached hydrogen (secondary N) is 1. The van der Waals surface area contributed by atoms with Crippen LogP contribution >= 0.6 is 11.6 Å². The smallest absolute Gasteiger partial charge is 0.0928 e. The van der Waals surface area contributed by atoms with Crippen LogP contribution in [-0.2, 0) is 0 Å². The van der Waals surface area contributed by atoms with Crippen LogP contribution in [0.1, 0.15) is 32.4 Å². The van der Waals surface area contributed by atoms with Gasteiger partial charge in [0, 0.05) is 22.7 Å². The molecule has 1 atom stereocenters. The Morgan fingerprint density at radius 3 is 2.38 bits per heavy atom. The van der Waals surface area contributed by atoms with Crippen molar-refractivity contribution in [1.82, 2.24) is 5.32 Å². The van der Waals surface area contributed by atoms with Crippen LogP contribution in [0.4, 0.5) is 0 Å². The third-order valence-corrected chi connectivity index (χ3v) is 2.43. The second-order valence-corrected chi connectivity index (χ2v) is 5.08. The van der Waals surface area contributed by atoms with Crippen LogP contribution < -0.4 is 17.7 Å². The van der Waals surface area contributed by atoms with E-state index in [1.54, 1.807) is 6.07 Å². The molecule has 4 heteroatoms. The SMILES string of the molecule is CC(C)(C)NCC(O)c1ccccc1Cl.[Cl-]. The molecule has 92 valence electrons. The quantitative estimate of drug-likeness (QED) is 0.789. The van der Waals surface area contributed by atoms with E-state index in [0.717, 1.165) is 5.56 Å². The lowest BCUT2D eigenvalue weighted by molar-refractivity contribution is -0.00000511. The number of benzene rings is 1. The molecule has 1 rings (SSSR count). The molecule has 0 saturated carbocycles. The van der Waals surface area contributed by atoms with Crippen LogP contribution in [-0.4, -0.2) is 17.2 Å². The lowest BCUT2D eigenvalue weighted by Crippen LogP contribution is -3.00. The predicted octanol–water partition coefficient (Wildman–Crippen LogP) is -0.234. The Kier molecular flexibility index (Phi) is 6.34. The molecule has 1 unspecified atom stereocenters. The van der Waals surface area contributed by atoms with Crippen LogP contribution in [0, 0.1) is 0 Å². The summed E-state index contributed by atoms with van der Waals surface area (Å²) < 4.78 is 0. The Labute approximate surface area is 108 Å². The van der Waals surface area contributed by atoms with E-state index in [1.807, 2.05) is 18.2 Å². The molecule has 16 heavy (non-hydrogen) atoms. The summed E-state index contributed by atoms with van der Waals surface area (Å²) in [6.45, 7) is 6.69. The zero-order valence-corrected chi connectivity index (χ0v) is 11.3. The Morgan fingerprint density at radius 1 is 1.31 bits per heavy atom. The van der Waals surface area contributed by atoms with Gasteiger partial charge in [0.25, 0.3) is 0 Å². The molecule has 0 aliphatic rings. The van der Waals surface area contributed by atoms with E-state index < -0.39 is 6.10 Å². The molecule has 0 aliphatic carbocycles. The van der Waals surface area contributed by atoms with Gasteiger partial charge in [-0.15, -0.1) is 0 Å². The normalized spacial score (nSPS) is 13.1. The number of aliphatic hydroxyl groups is 1. The summed E-state index contributed by atoms with van der Waals surface area (Å²) in [6, 6.07) is 7.37. The molecule has 0 aromatic heterocycles. The molecular formula is C12H18Cl2NO-. The Bertz CT molecular complexity index is 323. The van der Waals surface area contributed by atoms with Gasteiger partial charge < -0.3 is 22.8 Å². The van der Waals surface area contributed by atoms with Gasteiger partial charge in [0.1, 0.15) is 0 Å². The van der Waals surface area contributed by atoms with Crippen molar-refractivity contribution >= 4 is 11.6 Å². The minimum atomic E-state index is -0.557. The Morgan fingerprint density at radius 2 is 1.88 bits per heavy atom. The van der Waals surface area contributed by atoms with E-state index in [2.05, 4.69) is 26.1 Å². The van der Waals surface area contributed by atoms with Crippen LogP contribution in [0.5, 0.6) is 0 Å². The molecular weight excluding hydrogens is 245 g/mol. The molecule has 0 radical (unpaired) electrons. The maximum Gasteiger partial charge on any atom is 0.0928 e. The highest BCUT2D eigenvalue weighted by molar-refractivity contribution is 6.31. The number of halogens is 2. The largest absolute Gasteiger partial charge is 1.00 e. The van der Waals surface area contributed by atoms with E-state index in [1.165, 1.54) is 0 Å². The van der Waals surface area contributed by atoms with Gasteiger partial charge in [-0.1, -0.05) is 29.8 Å². The number of rotatable bonds is 3. The lowest BCUT2D eigenvalue weighted by atomic mass is 10.1. The van der Waals surface area contributed by atoms with Gasteiger partial charge in [-0.25, -0.2) is 0 Å². The molecule has 1 aromatic rings. The van der Waals surface area contributed by atoms with Crippen molar-refractivity contribution in [2.75, 3.05) is 6.54 Å². The summed E-state index contributed by atoms with van der Waals surface area (Å²) in [5.74, 6) is 0. The van der Waals surface area contributed by atoms with Crippen molar-refractivity contribution in [2.24, 2.45) is 0 Å². The van der Waals surface area contributed by atoms with Crippen LogP contribution in [0.3, 0.4) is 0 Å². The standard InChI is InChI=1S/C12H18ClNO.ClH/c1-12(2,3)14-8-11(15)9-6-4-5-7-10(9)13;/h4-7,11,14-15H,8H2,1-3H3;1H/p-1. The van der Waals surface area contributed by atoms with Gasteiger partial charge in [-0.2, -0.15) is 0 Å². The fourth-order valence-electron chi connectivity index (χ4n) is 1.26. The second-order valence-electron chi connectivity index (χ2n) is 4.67. The summed E-state index contributed by atoms with van der Waals surface area (Å²) in [7, 11) is 0. The summed E-state index contributed by atoms with van der Waals surface area (Å²) >= 11 is 5.98. The summed E-state index contributed by atoms with van der Waals surface area (Å²) in [5, 5.41) is 13.8. The van der Waals surface area contributed by atoms with Gasteiger partial charge >= 0.3 is 0 Å². The fourth-order valence-corrected chi connectivity index (χ4v) is 1.52. The van der Waals surface area contributed by atoms with Crippen molar-refractivity contribution in [2.45, 2.75) is 32.4 Å². The number of hydrogen-bond acceptors (Lipinski definition) is 2. The van der Waals surface area contributed by atoms with Gasteiger partial charge in [0.15, 0.2) is 0 Å². The molecule has 2 N–H and O–H groups in total. The number of β-amino-alcohol motifs (C(OH)–C–C–N with tert-alkyl or cyclic N) is 1. The van der Waals surface area contributed by atoms with E-state index >= 15 is 0 Å². The first kappa shape index (κ1) is 15.7. The zero-order chi connectivity index (χ0) is 11.5. The highest BCUT2D eigenvalue weighted by Gasteiger charge is 2.15. The molecule has 1 aromatic carbocycles. The maximum atomic E-state index is 9.92. The lowest BCUT2D eigenvalue weighted by Gasteiger charge is -2.23. The molecule has 0 spiro atoms. The second kappa shape index (κ2) is 6.45. The van der Waals surface area contributed by atoms with Gasteiger partial charge in [0.2, 0.25) is 0 Å². The van der Waals surface area contributed by atoms with E-state index in [0.29, 0.717) is 11.6 Å². The molecule has 0 bridgehead atoms. The number of hydrogen-bond donors (Lipinski definition) is 2. The zero-order valence-electron chi connectivity index (χ0n) is 9.80. The Balaban J connectivity index is 0.00000225. The van der Waals surface area contributed by atoms with Crippen molar-refractivity contribution in [3.05, 3.63) is 34.9 Å². The monoisotopic (exact) mass is 262 g/mol. The van der Waals surface area contributed by atoms with Crippen LogP contribution in [0.15, 0.2) is 24.3 Å². The van der Waals surface area contributed by atoms with Crippen LogP contribution in [0.25, 0.3) is 0 Å². The van der Waals surface area contributed by atoms with Crippen molar-refractivity contribution in [3.63, 3.8) is 0 Å². The van der Waals surface area contributed by atoms with Crippen molar-refractivity contribution in [1.29, 1.82) is 0 Å². The number of aliphatic hydroxyl groups excluding tert-OH is 1. The van der Waals surface area contributed by atoms with Crippen molar-refractivity contribution < 1.29 is 17.5 Å². The summed E-state index contributed by atoms with van der Waals surface area (Å²) in [5.41, 5.74) is 0.776. The highest BCUT2D eigenvalue weighted by atomic mass is 35.5. The third-order valence-electron chi connectivity index (χ3n) is 2.09. The molecule has 0 aliphatic heterocycles. The molecule has 0 fully saturated rings. The topological polar surface area (TPSA) is 32.3 Å². The molecule has 0 amide bonds. The van der Waals surface area contributed by atoms with Gasteiger partial charge in [-0.05, 0) is 26.8 Å². The average molecular weight is 263 g/mol. The van der Waals surface area contributed by atoms with Crippen LogP contribution in [0.2, 0.25) is 5.02 Å². The minimum absolute atomic E-state index is 0. The van der Waals surface area contributed by atoms with Gasteiger partial charge in [-0.3, -0.25) is 0 Å². The predicted molar refractivity (Wildman–Crippen MR) is 64.2 cm³/mol. The van der Waals surface area contributed by atoms with Crippen molar-refractivity contribution in [3.8, 4) is 0 Å². The molecule has 2 nitrogen and oxygen atoms in total. The molecule has 0 saturated heterocycles. The fraction of sp³-hybridized carbons (Fsp3) is 0.500. The van der Waals surface area contributed by atoms with E-state index in [9.17, 15) is 5.11 Å². The van der Waals surface area contributed by atoms with E-state index in [-0.39, 0.29) is 17.9 Å². The maximum absolute atomic E-state index is 9.92. The average Bonchev–Trinajstić information content (AvgIpc) is 2.14. The first-order valence-corrected chi connectivity index (χ1v) is 5.45. The summed E-state index contributed by atoms with van der Waals surface area (Å²) in [4.78, 5) is 0. The first-order chi connectivity index (χ1) is 6.90. The summed E-state index contributed by atoms with van der Waals surface area (Å²) in [6.07, 6.45) is -0.557. The minimum Gasteiger partial charge on any atom is -1.00 e. The van der Waals surface area contributed by atoms with Gasteiger partial charge in [0.05, 0.1) is 6.10 Å². The Hall–Kier alpha value is -0.280. The van der Waals surface area contributed by atoms with E-state index in [4.69, 9.17) is 11.6 Å². The third kappa shape index (κ3) is 5.17. The first-order valence-electron chi connectivity index (χ1n) is 5.08.